The fraction of sp³-hybridized carbons (Fsp3) is 0.294. The normalized spacial score (nSPS) is 23.0. The molecule has 3 heterocycles. The number of anilines is 2. The lowest BCUT2D eigenvalue weighted by Crippen LogP contribution is -2.63. The van der Waals surface area contributed by atoms with Gasteiger partial charge in [-0.15, -0.1) is 0 Å². The van der Waals surface area contributed by atoms with Gasteiger partial charge in [0.05, 0.1) is 30.7 Å². The fourth-order valence-electron chi connectivity index (χ4n) is 6.63. The van der Waals surface area contributed by atoms with Crippen LogP contribution in [0.5, 0.6) is 5.75 Å². The van der Waals surface area contributed by atoms with Crippen LogP contribution in [0.1, 0.15) is 45.2 Å². The number of para-hydroxylation sites is 1. The molecule has 1 fully saturated rings. The number of rotatable bonds is 4. The largest absolute Gasteiger partial charge is 0.497 e. The highest BCUT2D eigenvalue weighted by molar-refractivity contribution is 6.27. The highest BCUT2D eigenvalue weighted by Gasteiger charge is 2.78. The van der Waals surface area contributed by atoms with Crippen molar-refractivity contribution >= 4 is 35.0 Å². The first kappa shape index (κ1) is 28.2. The predicted molar refractivity (Wildman–Crippen MR) is 164 cm³/mol. The van der Waals surface area contributed by atoms with Crippen LogP contribution in [0.4, 0.5) is 16.2 Å². The van der Waals surface area contributed by atoms with Crippen molar-refractivity contribution in [2.45, 2.75) is 51.8 Å². The van der Waals surface area contributed by atoms with Crippen molar-refractivity contribution in [1.82, 2.24) is 4.90 Å². The molecule has 3 aromatic rings. The summed E-state index contributed by atoms with van der Waals surface area (Å²) in [5.41, 5.74) is -1.20. The third-order valence-corrected chi connectivity index (χ3v) is 8.36. The Hall–Kier alpha value is -4.92. The second-order valence-electron chi connectivity index (χ2n) is 12.1. The van der Waals surface area contributed by atoms with Crippen LogP contribution < -0.4 is 14.6 Å². The molecule has 6 rings (SSSR count). The molecular weight excluding hydrogens is 544 g/mol. The van der Waals surface area contributed by atoms with Crippen LogP contribution in [-0.4, -0.2) is 41.2 Å². The van der Waals surface area contributed by atoms with E-state index in [9.17, 15) is 9.59 Å². The van der Waals surface area contributed by atoms with Crippen molar-refractivity contribution in [3.63, 3.8) is 0 Å². The van der Waals surface area contributed by atoms with E-state index in [4.69, 9.17) is 14.6 Å². The minimum Gasteiger partial charge on any atom is -0.497 e. The van der Waals surface area contributed by atoms with Crippen LogP contribution in [0.25, 0.3) is 0 Å². The SMILES string of the molecule is C=C1C[C@]2(C(=O)N(c3ccccc3)N=C2C)[C@]2(C(=O)N(Cc3ccccc3)c3ccc(OC)cc32)N1C(=O)OC(C)(C)C. The fourth-order valence-corrected chi connectivity index (χ4v) is 6.63. The molecule has 2 spiro atoms. The smallest absolute Gasteiger partial charge is 0.415 e. The Bertz CT molecular complexity index is 1680. The molecule has 0 aromatic heterocycles. The zero-order valence-electron chi connectivity index (χ0n) is 25.0. The summed E-state index contributed by atoms with van der Waals surface area (Å²) < 4.78 is 11.5. The highest BCUT2D eigenvalue weighted by atomic mass is 16.6. The van der Waals surface area contributed by atoms with Gasteiger partial charge in [0.2, 0.25) is 0 Å². The number of nitrogens with zero attached hydrogens (tertiary/aromatic N) is 4. The summed E-state index contributed by atoms with van der Waals surface area (Å²) in [5, 5.41) is 6.06. The Morgan fingerprint density at radius 2 is 1.63 bits per heavy atom. The van der Waals surface area contributed by atoms with E-state index in [0.29, 0.717) is 28.4 Å². The first-order valence-electron chi connectivity index (χ1n) is 14.2. The maximum Gasteiger partial charge on any atom is 0.415 e. The Morgan fingerprint density at radius 3 is 2.26 bits per heavy atom. The molecule has 1 saturated heterocycles. The number of benzene rings is 3. The molecular formula is C34H34N4O5. The molecule has 2 atom stereocenters. The van der Waals surface area contributed by atoms with Crippen LogP contribution in [0, 0.1) is 5.41 Å². The van der Waals surface area contributed by atoms with Crippen LogP contribution in [0.15, 0.2) is 96.2 Å². The van der Waals surface area contributed by atoms with Crippen molar-refractivity contribution in [1.29, 1.82) is 0 Å². The molecule has 0 N–H and O–H groups in total. The van der Waals surface area contributed by atoms with Crippen molar-refractivity contribution in [3.8, 4) is 5.75 Å². The number of ether oxygens (including phenoxy) is 2. The number of hydrogen-bond donors (Lipinski definition) is 0. The average molecular weight is 579 g/mol. The predicted octanol–water partition coefficient (Wildman–Crippen LogP) is 6.00. The first-order valence-corrected chi connectivity index (χ1v) is 14.2. The van der Waals surface area contributed by atoms with E-state index in [1.54, 1.807) is 62.9 Å². The van der Waals surface area contributed by atoms with Gasteiger partial charge in [-0.25, -0.2) is 4.79 Å². The second-order valence-corrected chi connectivity index (χ2v) is 12.1. The van der Waals surface area contributed by atoms with Crippen molar-refractivity contribution in [2.75, 3.05) is 17.0 Å². The number of carbonyl (C=O) groups excluding carboxylic acids is 3. The van der Waals surface area contributed by atoms with Gasteiger partial charge in [0, 0.05) is 17.7 Å². The van der Waals surface area contributed by atoms with Gasteiger partial charge in [-0.05, 0) is 63.6 Å². The maximum absolute atomic E-state index is 15.3. The molecule has 0 bridgehead atoms. The summed E-state index contributed by atoms with van der Waals surface area (Å²) >= 11 is 0. The molecule has 9 heteroatoms. The lowest BCUT2D eigenvalue weighted by molar-refractivity contribution is -0.139. The molecule has 220 valence electrons. The van der Waals surface area contributed by atoms with E-state index in [1.807, 2.05) is 48.5 Å². The van der Waals surface area contributed by atoms with Gasteiger partial charge in [-0.3, -0.25) is 14.5 Å². The Kier molecular flexibility index (Phi) is 6.45. The van der Waals surface area contributed by atoms with Crippen LogP contribution >= 0.6 is 0 Å². The Labute approximate surface area is 251 Å². The van der Waals surface area contributed by atoms with Gasteiger partial charge in [0.15, 0.2) is 5.54 Å². The summed E-state index contributed by atoms with van der Waals surface area (Å²) in [6.07, 6.45) is -0.775. The number of amides is 3. The lowest BCUT2D eigenvalue weighted by atomic mass is 9.63. The Morgan fingerprint density at radius 1 is 0.977 bits per heavy atom. The molecule has 9 nitrogen and oxygen atoms in total. The molecule has 0 radical (unpaired) electrons. The van der Waals surface area contributed by atoms with E-state index >= 15 is 4.79 Å². The Balaban J connectivity index is 1.64. The van der Waals surface area contributed by atoms with Crippen LogP contribution in [0.3, 0.4) is 0 Å². The van der Waals surface area contributed by atoms with Gasteiger partial charge in [0.1, 0.15) is 16.8 Å². The summed E-state index contributed by atoms with van der Waals surface area (Å²) in [6.45, 7) is 11.5. The van der Waals surface area contributed by atoms with E-state index < -0.39 is 34.5 Å². The molecule has 3 aliphatic rings. The summed E-state index contributed by atoms with van der Waals surface area (Å²) in [7, 11) is 1.53. The van der Waals surface area contributed by atoms with E-state index in [0.717, 1.165) is 5.56 Å². The number of hydrogen-bond acceptors (Lipinski definition) is 6. The van der Waals surface area contributed by atoms with Crippen LogP contribution in [0.2, 0.25) is 0 Å². The van der Waals surface area contributed by atoms with E-state index in [2.05, 4.69) is 6.58 Å². The number of methoxy groups -OCH3 is 1. The summed E-state index contributed by atoms with van der Waals surface area (Å²) in [5.74, 6) is -0.391. The van der Waals surface area contributed by atoms with Gasteiger partial charge in [-0.2, -0.15) is 10.1 Å². The average Bonchev–Trinajstić information content (AvgIpc) is 3.50. The van der Waals surface area contributed by atoms with Gasteiger partial charge >= 0.3 is 6.09 Å². The maximum atomic E-state index is 15.3. The minimum atomic E-state index is -1.88. The number of allylic oxidation sites excluding steroid dienone is 1. The first-order chi connectivity index (χ1) is 20.5. The number of carbonyl (C=O) groups is 3. The zero-order chi connectivity index (χ0) is 30.7. The monoisotopic (exact) mass is 578 g/mol. The van der Waals surface area contributed by atoms with Crippen LogP contribution in [-0.2, 0) is 26.4 Å². The lowest BCUT2D eigenvalue weighted by Gasteiger charge is -2.42. The van der Waals surface area contributed by atoms with Crippen molar-refractivity contribution in [3.05, 3.63) is 102 Å². The zero-order valence-corrected chi connectivity index (χ0v) is 25.0. The highest BCUT2D eigenvalue weighted by Crippen LogP contribution is 2.65. The number of fused-ring (bicyclic) bond motifs is 3. The third kappa shape index (κ3) is 3.98. The summed E-state index contributed by atoms with van der Waals surface area (Å²) in [4.78, 5) is 47.3. The molecule has 0 aliphatic carbocycles. The van der Waals surface area contributed by atoms with E-state index in [-0.39, 0.29) is 18.7 Å². The molecule has 3 aromatic carbocycles. The molecule has 43 heavy (non-hydrogen) atoms. The molecule has 0 saturated carbocycles. The number of likely N-dealkylation sites (tertiary alicyclic amines) is 1. The van der Waals surface area contributed by atoms with Gasteiger partial charge in [0.25, 0.3) is 11.8 Å². The van der Waals surface area contributed by atoms with Gasteiger partial charge in [-0.1, -0.05) is 55.1 Å². The molecule has 0 unspecified atom stereocenters. The quantitative estimate of drug-likeness (QED) is 0.379. The second kappa shape index (κ2) is 9.83. The van der Waals surface area contributed by atoms with Crippen molar-refractivity contribution in [2.24, 2.45) is 10.5 Å². The van der Waals surface area contributed by atoms with Gasteiger partial charge < -0.3 is 14.4 Å². The topological polar surface area (TPSA) is 91.8 Å². The minimum absolute atomic E-state index is 0.00862. The van der Waals surface area contributed by atoms with Crippen molar-refractivity contribution < 1.29 is 23.9 Å². The number of hydrazone groups is 1. The molecule has 3 aliphatic heterocycles. The third-order valence-electron chi connectivity index (χ3n) is 8.36. The van der Waals surface area contributed by atoms with E-state index in [1.165, 1.54) is 17.0 Å². The standard InChI is InChI=1S/C34H34N4O5/c1-22-20-33(23(2)35-38(29(33)39)25-15-11-8-12-16-25)34(37(22)31(41)43-32(3,4)5)27-19-26(42-6)17-18-28(27)36(30(34)40)21-24-13-9-7-10-14-24/h7-19H,1,20-21H2,2-6H3/t33-,34-/m0/s1. The summed E-state index contributed by atoms with van der Waals surface area (Å²) in [6, 6.07) is 23.9. The molecule has 3 amide bonds.